The molecule has 0 aliphatic carbocycles. The Bertz CT molecular complexity index is 896. The third-order valence-corrected chi connectivity index (χ3v) is 5.40. The lowest BCUT2D eigenvalue weighted by Gasteiger charge is -2.29. The molecule has 2 aliphatic rings. The first-order chi connectivity index (χ1) is 13.5. The minimum atomic E-state index is -1.92. The number of quaternary nitrogens is 1. The number of carbonyl (C=O) groups is 2. The fraction of sp³-hybridized carbons (Fsp3) is 0.333. The second-order valence-electron chi connectivity index (χ2n) is 7.24. The van der Waals surface area contributed by atoms with E-state index in [1.54, 1.807) is 29.2 Å². The van der Waals surface area contributed by atoms with E-state index in [-0.39, 0.29) is 12.0 Å². The number of ether oxygens (including phenoxy) is 1. The molecule has 2 aliphatic heterocycles. The normalized spacial score (nSPS) is 22.4. The molecule has 4 rings (SSSR count). The van der Waals surface area contributed by atoms with E-state index < -0.39 is 23.1 Å². The molecule has 2 aromatic carbocycles. The van der Waals surface area contributed by atoms with Crippen molar-refractivity contribution in [2.75, 3.05) is 37.9 Å². The molecule has 0 spiro atoms. The highest BCUT2D eigenvalue weighted by Gasteiger charge is 2.51. The molecule has 0 aromatic heterocycles. The molecule has 1 fully saturated rings. The third-order valence-electron chi connectivity index (χ3n) is 5.40. The zero-order chi connectivity index (χ0) is 19.7. The van der Waals surface area contributed by atoms with Gasteiger partial charge in [0.05, 0.1) is 25.3 Å². The molecule has 7 heteroatoms. The molecule has 0 unspecified atom stereocenters. The molecule has 1 amide bonds. The third kappa shape index (κ3) is 3.32. The van der Waals surface area contributed by atoms with Gasteiger partial charge < -0.3 is 14.7 Å². The number of aliphatic hydroxyl groups is 1. The maximum Gasteiger partial charge on any atom is 0.268 e. The van der Waals surface area contributed by atoms with Crippen molar-refractivity contribution in [3.8, 4) is 0 Å². The van der Waals surface area contributed by atoms with Crippen LogP contribution in [0.1, 0.15) is 22.3 Å². The van der Waals surface area contributed by atoms with Gasteiger partial charge >= 0.3 is 0 Å². The molecule has 146 valence electrons. The Kier molecular flexibility index (Phi) is 4.97. The van der Waals surface area contributed by atoms with Gasteiger partial charge in [-0.25, -0.2) is 4.39 Å². The highest BCUT2D eigenvalue weighted by Crippen LogP contribution is 2.42. The zero-order valence-corrected chi connectivity index (χ0v) is 15.4. The summed E-state index contributed by atoms with van der Waals surface area (Å²) in [7, 11) is 0. The SMILES string of the molecule is O=C(C[C@]1(O)C(=O)N(C[NH+]2CCOCC2)c2ccccc21)c1ccc(F)cc1. The number of rotatable bonds is 5. The number of halogens is 1. The van der Waals surface area contributed by atoms with E-state index in [0.29, 0.717) is 31.1 Å². The lowest BCUT2D eigenvalue weighted by Crippen LogP contribution is -3.15. The lowest BCUT2D eigenvalue weighted by molar-refractivity contribution is -0.906. The van der Waals surface area contributed by atoms with Gasteiger partial charge in [-0.2, -0.15) is 0 Å². The highest BCUT2D eigenvalue weighted by atomic mass is 19.1. The predicted molar refractivity (Wildman–Crippen MR) is 99.6 cm³/mol. The first-order valence-electron chi connectivity index (χ1n) is 9.33. The van der Waals surface area contributed by atoms with Gasteiger partial charge in [0.25, 0.3) is 5.91 Å². The van der Waals surface area contributed by atoms with Crippen LogP contribution in [0.3, 0.4) is 0 Å². The molecule has 6 nitrogen and oxygen atoms in total. The van der Waals surface area contributed by atoms with Crippen LogP contribution in [0.2, 0.25) is 0 Å². The van der Waals surface area contributed by atoms with Gasteiger partial charge in [-0.1, -0.05) is 18.2 Å². The van der Waals surface area contributed by atoms with Gasteiger partial charge in [0.15, 0.2) is 18.1 Å². The van der Waals surface area contributed by atoms with E-state index >= 15 is 0 Å². The molecule has 2 N–H and O–H groups in total. The number of anilines is 1. The van der Waals surface area contributed by atoms with Crippen LogP contribution in [-0.4, -0.2) is 49.8 Å². The van der Waals surface area contributed by atoms with Crippen LogP contribution in [0, 0.1) is 5.82 Å². The fourth-order valence-electron chi connectivity index (χ4n) is 3.85. The molecule has 0 bridgehead atoms. The van der Waals surface area contributed by atoms with Crippen molar-refractivity contribution in [2.45, 2.75) is 12.0 Å². The van der Waals surface area contributed by atoms with E-state index in [1.165, 1.54) is 29.2 Å². The number of nitrogens with zero attached hydrogens (tertiary/aromatic N) is 1. The summed E-state index contributed by atoms with van der Waals surface area (Å²) in [5.74, 6) is -1.36. The summed E-state index contributed by atoms with van der Waals surface area (Å²) in [6, 6.07) is 12.1. The summed E-state index contributed by atoms with van der Waals surface area (Å²) in [5, 5.41) is 11.3. The first-order valence-corrected chi connectivity index (χ1v) is 9.33. The van der Waals surface area contributed by atoms with Crippen molar-refractivity contribution in [1.82, 2.24) is 0 Å². The minimum absolute atomic E-state index is 0.261. The summed E-state index contributed by atoms with van der Waals surface area (Å²) in [4.78, 5) is 28.6. The second-order valence-corrected chi connectivity index (χ2v) is 7.24. The van der Waals surface area contributed by atoms with E-state index in [4.69, 9.17) is 4.74 Å². The van der Waals surface area contributed by atoms with Crippen LogP contribution >= 0.6 is 0 Å². The molecular formula is C21H22FN2O4+. The molecule has 28 heavy (non-hydrogen) atoms. The summed E-state index contributed by atoms with van der Waals surface area (Å²) in [6.07, 6.45) is -0.385. The van der Waals surface area contributed by atoms with Crippen LogP contribution in [0.15, 0.2) is 48.5 Å². The second kappa shape index (κ2) is 7.43. The summed E-state index contributed by atoms with van der Waals surface area (Å²) in [5.41, 5.74) is -0.602. The van der Waals surface area contributed by atoms with Crippen LogP contribution in [0.4, 0.5) is 10.1 Å². The fourth-order valence-corrected chi connectivity index (χ4v) is 3.85. The van der Waals surface area contributed by atoms with Crippen molar-refractivity contribution >= 4 is 17.4 Å². The van der Waals surface area contributed by atoms with E-state index in [1.807, 2.05) is 0 Å². The van der Waals surface area contributed by atoms with Crippen LogP contribution in [0.25, 0.3) is 0 Å². The number of fused-ring (bicyclic) bond motifs is 1. The standard InChI is InChI=1S/C21H21FN2O4/c22-16-7-5-15(6-8-16)19(25)13-21(27)17-3-1-2-4-18(17)24(20(21)26)14-23-9-11-28-12-10-23/h1-8,27H,9-14H2/p+1/t21-/m1/s1. The average molecular weight is 385 g/mol. The predicted octanol–water partition coefficient (Wildman–Crippen LogP) is 0.506. The largest absolute Gasteiger partial charge is 0.375 e. The topological polar surface area (TPSA) is 71.3 Å². The van der Waals surface area contributed by atoms with Crippen molar-refractivity contribution in [3.63, 3.8) is 0 Å². The monoisotopic (exact) mass is 385 g/mol. The van der Waals surface area contributed by atoms with Gasteiger partial charge in [-0.05, 0) is 30.3 Å². The molecule has 1 saturated heterocycles. The lowest BCUT2D eigenvalue weighted by atomic mass is 9.88. The number of morpholine rings is 1. The smallest absolute Gasteiger partial charge is 0.268 e. The molecular weight excluding hydrogens is 363 g/mol. The minimum Gasteiger partial charge on any atom is -0.375 e. The molecule has 0 radical (unpaired) electrons. The number of nitrogens with one attached hydrogen (secondary N) is 1. The molecule has 1 atom stereocenters. The number of ketones is 1. The Morgan fingerprint density at radius 2 is 1.82 bits per heavy atom. The Hall–Kier alpha value is -2.61. The van der Waals surface area contributed by atoms with Crippen molar-refractivity contribution < 1.29 is 28.7 Å². The maximum absolute atomic E-state index is 13.2. The first kappa shape index (κ1) is 18.7. The van der Waals surface area contributed by atoms with Gasteiger partial charge in [0, 0.05) is 11.1 Å². The Morgan fingerprint density at radius 3 is 2.54 bits per heavy atom. The number of para-hydroxylation sites is 1. The average Bonchev–Trinajstić information content (AvgIpc) is 2.91. The van der Waals surface area contributed by atoms with Crippen LogP contribution in [-0.2, 0) is 15.1 Å². The summed E-state index contributed by atoms with van der Waals surface area (Å²) < 4.78 is 18.5. The maximum atomic E-state index is 13.2. The van der Waals surface area contributed by atoms with Crippen LogP contribution in [0.5, 0.6) is 0 Å². The van der Waals surface area contributed by atoms with Crippen molar-refractivity contribution in [3.05, 3.63) is 65.5 Å². The Morgan fingerprint density at radius 1 is 1.14 bits per heavy atom. The molecule has 2 aromatic rings. The van der Waals surface area contributed by atoms with Crippen molar-refractivity contribution in [2.24, 2.45) is 0 Å². The number of amides is 1. The van der Waals surface area contributed by atoms with Gasteiger partial charge in [-0.15, -0.1) is 0 Å². The Labute approximate surface area is 162 Å². The number of carbonyl (C=O) groups excluding carboxylic acids is 2. The number of hydrogen-bond acceptors (Lipinski definition) is 4. The summed E-state index contributed by atoms with van der Waals surface area (Å²) in [6.45, 7) is 3.22. The molecule has 0 saturated carbocycles. The van der Waals surface area contributed by atoms with Gasteiger partial charge in [0.2, 0.25) is 0 Å². The zero-order valence-electron chi connectivity index (χ0n) is 15.4. The van der Waals surface area contributed by atoms with Gasteiger partial charge in [-0.3, -0.25) is 14.5 Å². The Balaban J connectivity index is 1.61. The van der Waals surface area contributed by atoms with E-state index in [2.05, 4.69) is 0 Å². The molecule has 2 heterocycles. The number of hydrogen-bond donors (Lipinski definition) is 2. The van der Waals surface area contributed by atoms with Crippen LogP contribution < -0.4 is 9.80 Å². The number of Topliss-reactive ketones (excluding diaryl/α,β-unsaturated/α-hetero) is 1. The van der Waals surface area contributed by atoms with Crippen molar-refractivity contribution in [1.29, 1.82) is 0 Å². The summed E-state index contributed by atoms with van der Waals surface area (Å²) >= 11 is 0. The van der Waals surface area contributed by atoms with E-state index in [0.717, 1.165) is 13.1 Å². The highest BCUT2D eigenvalue weighted by molar-refractivity contribution is 6.10. The van der Waals surface area contributed by atoms with E-state index in [9.17, 15) is 19.1 Å². The van der Waals surface area contributed by atoms with Gasteiger partial charge in [0.1, 0.15) is 18.9 Å². The quantitative estimate of drug-likeness (QED) is 0.736. The number of benzene rings is 2.